The molecule has 1 aromatic carbocycles. The van der Waals surface area contributed by atoms with Crippen LogP contribution in [-0.4, -0.2) is 35.6 Å². The van der Waals surface area contributed by atoms with Gasteiger partial charge in [-0.3, -0.25) is 4.90 Å². The van der Waals surface area contributed by atoms with Crippen molar-refractivity contribution in [2.75, 3.05) is 25.0 Å². The second kappa shape index (κ2) is 6.10. The van der Waals surface area contributed by atoms with E-state index in [1.165, 1.54) is 42.6 Å². The molecular formula is C16H23N3S. The molecule has 0 bridgehead atoms. The van der Waals surface area contributed by atoms with Gasteiger partial charge >= 0.3 is 0 Å². The summed E-state index contributed by atoms with van der Waals surface area (Å²) in [5, 5.41) is 4.57. The van der Waals surface area contributed by atoms with Crippen molar-refractivity contribution < 1.29 is 0 Å². The maximum absolute atomic E-state index is 4.66. The van der Waals surface area contributed by atoms with Crippen molar-refractivity contribution in [3.63, 3.8) is 0 Å². The summed E-state index contributed by atoms with van der Waals surface area (Å²) in [5.74, 6) is 0. The molecule has 1 unspecified atom stereocenters. The number of anilines is 1. The van der Waals surface area contributed by atoms with Crippen molar-refractivity contribution >= 4 is 26.7 Å². The van der Waals surface area contributed by atoms with E-state index >= 15 is 0 Å². The van der Waals surface area contributed by atoms with Gasteiger partial charge in [0.2, 0.25) is 0 Å². The molecule has 1 atom stereocenters. The monoisotopic (exact) mass is 289 g/mol. The Morgan fingerprint density at radius 1 is 1.30 bits per heavy atom. The van der Waals surface area contributed by atoms with Crippen LogP contribution in [0.25, 0.3) is 10.2 Å². The average molecular weight is 289 g/mol. The molecule has 0 saturated carbocycles. The summed E-state index contributed by atoms with van der Waals surface area (Å²) in [7, 11) is 0. The van der Waals surface area contributed by atoms with Gasteiger partial charge in [-0.25, -0.2) is 4.98 Å². The van der Waals surface area contributed by atoms with Crippen molar-refractivity contribution in [2.45, 2.75) is 39.2 Å². The Morgan fingerprint density at radius 2 is 2.10 bits per heavy atom. The van der Waals surface area contributed by atoms with Crippen LogP contribution in [0.4, 0.5) is 5.13 Å². The standard InChI is InChI=1S/C16H23N3S/c1-12-6-7-14-15(10-12)20-16(18-14)17-11-13(2)19-8-4-3-5-9-19/h6-7,10,13H,3-5,8-9,11H2,1-2H3,(H,17,18). The first-order chi connectivity index (χ1) is 9.72. The zero-order valence-corrected chi connectivity index (χ0v) is 13.2. The minimum absolute atomic E-state index is 0.587. The highest BCUT2D eigenvalue weighted by atomic mass is 32.1. The van der Waals surface area contributed by atoms with E-state index in [1.807, 2.05) is 0 Å². The van der Waals surface area contributed by atoms with E-state index in [2.05, 4.69) is 47.2 Å². The number of nitrogens with one attached hydrogen (secondary N) is 1. The van der Waals surface area contributed by atoms with Gasteiger partial charge < -0.3 is 5.32 Å². The second-order valence-electron chi connectivity index (χ2n) is 5.82. The average Bonchev–Trinajstić information content (AvgIpc) is 2.87. The number of hydrogen-bond donors (Lipinski definition) is 1. The molecule has 1 aliphatic rings. The predicted octanol–water partition coefficient (Wildman–Crippen LogP) is 3.89. The van der Waals surface area contributed by atoms with Gasteiger partial charge in [0.1, 0.15) is 0 Å². The normalized spacial score (nSPS) is 18.3. The summed E-state index contributed by atoms with van der Waals surface area (Å²) in [6.45, 7) is 7.93. The minimum Gasteiger partial charge on any atom is -0.360 e. The lowest BCUT2D eigenvalue weighted by molar-refractivity contribution is 0.180. The van der Waals surface area contributed by atoms with E-state index < -0.39 is 0 Å². The number of piperidine rings is 1. The number of fused-ring (bicyclic) bond motifs is 1. The Balaban J connectivity index is 1.61. The molecule has 3 nitrogen and oxygen atoms in total. The summed E-state index contributed by atoms with van der Waals surface area (Å²) in [6, 6.07) is 7.04. The molecule has 0 aliphatic carbocycles. The Kier molecular flexibility index (Phi) is 4.22. The fraction of sp³-hybridized carbons (Fsp3) is 0.562. The first kappa shape index (κ1) is 13.8. The summed E-state index contributed by atoms with van der Waals surface area (Å²) in [5.41, 5.74) is 2.41. The fourth-order valence-corrected chi connectivity index (χ4v) is 3.80. The lowest BCUT2D eigenvalue weighted by atomic mass is 10.1. The first-order valence-electron chi connectivity index (χ1n) is 7.57. The molecule has 108 valence electrons. The highest BCUT2D eigenvalue weighted by molar-refractivity contribution is 7.22. The molecule has 1 aromatic heterocycles. The van der Waals surface area contributed by atoms with Crippen LogP contribution in [0, 0.1) is 6.92 Å². The van der Waals surface area contributed by atoms with Gasteiger partial charge in [-0.1, -0.05) is 23.8 Å². The maximum atomic E-state index is 4.66. The maximum Gasteiger partial charge on any atom is 0.183 e. The number of benzene rings is 1. The van der Waals surface area contributed by atoms with Gasteiger partial charge in [0.15, 0.2) is 5.13 Å². The molecule has 20 heavy (non-hydrogen) atoms. The Morgan fingerprint density at radius 3 is 2.90 bits per heavy atom. The number of aryl methyl sites for hydroxylation is 1. The highest BCUT2D eigenvalue weighted by Crippen LogP contribution is 2.26. The largest absolute Gasteiger partial charge is 0.360 e. The molecule has 1 saturated heterocycles. The van der Waals surface area contributed by atoms with E-state index in [0.29, 0.717) is 6.04 Å². The number of hydrogen-bond acceptors (Lipinski definition) is 4. The van der Waals surface area contributed by atoms with Gasteiger partial charge in [-0.05, 0) is 57.5 Å². The van der Waals surface area contributed by atoms with Crippen LogP contribution >= 0.6 is 11.3 Å². The molecule has 0 spiro atoms. The fourth-order valence-electron chi connectivity index (χ4n) is 2.83. The van der Waals surface area contributed by atoms with Crippen molar-refractivity contribution in [1.82, 2.24) is 9.88 Å². The lowest BCUT2D eigenvalue weighted by Crippen LogP contribution is -2.41. The summed E-state index contributed by atoms with van der Waals surface area (Å²) in [6.07, 6.45) is 4.10. The number of thiazole rings is 1. The molecule has 0 amide bonds. The summed E-state index contributed by atoms with van der Waals surface area (Å²) in [4.78, 5) is 7.25. The van der Waals surface area contributed by atoms with Gasteiger partial charge in [-0.2, -0.15) is 0 Å². The van der Waals surface area contributed by atoms with Crippen LogP contribution in [0.5, 0.6) is 0 Å². The third-order valence-electron chi connectivity index (χ3n) is 4.11. The van der Waals surface area contributed by atoms with E-state index in [4.69, 9.17) is 0 Å². The number of aromatic nitrogens is 1. The van der Waals surface area contributed by atoms with Crippen LogP contribution in [0.1, 0.15) is 31.7 Å². The van der Waals surface area contributed by atoms with Crippen LogP contribution in [0.3, 0.4) is 0 Å². The smallest absolute Gasteiger partial charge is 0.183 e. The second-order valence-corrected chi connectivity index (χ2v) is 6.85. The lowest BCUT2D eigenvalue weighted by Gasteiger charge is -2.32. The highest BCUT2D eigenvalue weighted by Gasteiger charge is 2.16. The van der Waals surface area contributed by atoms with Crippen LogP contribution in [-0.2, 0) is 0 Å². The first-order valence-corrected chi connectivity index (χ1v) is 8.39. The van der Waals surface area contributed by atoms with E-state index in [-0.39, 0.29) is 0 Å². The quantitative estimate of drug-likeness (QED) is 0.925. The molecule has 4 heteroatoms. The molecule has 2 aromatic rings. The van der Waals surface area contributed by atoms with E-state index in [1.54, 1.807) is 11.3 Å². The Bertz CT molecular complexity index is 572. The third kappa shape index (κ3) is 3.13. The van der Waals surface area contributed by atoms with Gasteiger partial charge in [-0.15, -0.1) is 0 Å². The zero-order valence-electron chi connectivity index (χ0n) is 12.4. The minimum atomic E-state index is 0.587. The SMILES string of the molecule is Cc1ccc2nc(NCC(C)N3CCCCC3)sc2c1. The van der Waals surface area contributed by atoms with Gasteiger partial charge in [0, 0.05) is 12.6 Å². The van der Waals surface area contributed by atoms with Crippen molar-refractivity contribution in [1.29, 1.82) is 0 Å². The van der Waals surface area contributed by atoms with Crippen molar-refractivity contribution in [2.24, 2.45) is 0 Å². The molecule has 0 radical (unpaired) electrons. The predicted molar refractivity (Wildman–Crippen MR) is 87.7 cm³/mol. The molecule has 1 fully saturated rings. The molecular weight excluding hydrogens is 266 g/mol. The van der Waals surface area contributed by atoms with E-state index in [0.717, 1.165) is 17.2 Å². The molecule has 3 rings (SSSR count). The number of nitrogens with zero attached hydrogens (tertiary/aromatic N) is 2. The van der Waals surface area contributed by atoms with Crippen molar-refractivity contribution in [3.05, 3.63) is 23.8 Å². The molecule has 2 heterocycles. The van der Waals surface area contributed by atoms with Crippen molar-refractivity contribution in [3.8, 4) is 0 Å². The number of likely N-dealkylation sites (tertiary alicyclic amines) is 1. The number of rotatable bonds is 4. The zero-order chi connectivity index (χ0) is 13.9. The molecule has 1 aliphatic heterocycles. The van der Waals surface area contributed by atoms with Gasteiger partial charge in [0.25, 0.3) is 0 Å². The van der Waals surface area contributed by atoms with Gasteiger partial charge in [0.05, 0.1) is 10.2 Å². The third-order valence-corrected chi connectivity index (χ3v) is 5.08. The van der Waals surface area contributed by atoms with Crippen LogP contribution in [0.15, 0.2) is 18.2 Å². The Hall–Kier alpha value is -1.13. The summed E-state index contributed by atoms with van der Waals surface area (Å²) < 4.78 is 1.28. The van der Waals surface area contributed by atoms with Crippen LogP contribution < -0.4 is 5.32 Å². The Labute approximate surface area is 125 Å². The van der Waals surface area contributed by atoms with Crippen LogP contribution in [0.2, 0.25) is 0 Å². The molecule has 1 N–H and O–H groups in total. The topological polar surface area (TPSA) is 28.2 Å². The van der Waals surface area contributed by atoms with E-state index in [9.17, 15) is 0 Å². The summed E-state index contributed by atoms with van der Waals surface area (Å²) >= 11 is 1.76.